The van der Waals surface area contributed by atoms with Gasteiger partial charge in [0.05, 0.1) is 29.9 Å². The number of benzene rings is 2. The average molecular weight is 447 g/mol. The minimum atomic E-state index is -0.234. The zero-order valence-corrected chi connectivity index (χ0v) is 18.8. The molecule has 9 nitrogen and oxygen atoms in total. The van der Waals surface area contributed by atoms with Gasteiger partial charge in [-0.1, -0.05) is 12.1 Å². The zero-order valence-electron chi connectivity index (χ0n) is 18.8. The lowest BCUT2D eigenvalue weighted by atomic mass is 10.1. The van der Waals surface area contributed by atoms with Gasteiger partial charge in [0.15, 0.2) is 0 Å². The number of aromatic nitrogens is 4. The molecule has 0 unspecified atom stereocenters. The van der Waals surface area contributed by atoms with E-state index in [1.54, 1.807) is 31.6 Å². The van der Waals surface area contributed by atoms with Crippen molar-refractivity contribution in [3.05, 3.63) is 59.9 Å². The van der Waals surface area contributed by atoms with E-state index in [0.29, 0.717) is 41.8 Å². The fourth-order valence-corrected chi connectivity index (χ4v) is 3.84. The minimum absolute atomic E-state index is 0.219. The summed E-state index contributed by atoms with van der Waals surface area (Å²) >= 11 is 0. The molecule has 0 aliphatic rings. The number of ether oxygens (including phenoxy) is 1. The highest BCUT2D eigenvalue weighted by atomic mass is 16.5. The van der Waals surface area contributed by atoms with Gasteiger partial charge >= 0.3 is 0 Å². The van der Waals surface area contributed by atoms with E-state index in [9.17, 15) is 9.59 Å². The molecule has 0 saturated heterocycles. The Kier molecular flexibility index (Phi) is 6.39. The second-order valence-corrected chi connectivity index (χ2v) is 7.60. The Morgan fingerprint density at radius 2 is 2.06 bits per heavy atom. The van der Waals surface area contributed by atoms with Gasteiger partial charge in [0, 0.05) is 37.5 Å². The summed E-state index contributed by atoms with van der Waals surface area (Å²) < 4.78 is 7.37. The van der Waals surface area contributed by atoms with Crippen LogP contribution in [0.5, 0.6) is 5.75 Å². The molecular weight excluding hydrogens is 420 g/mol. The van der Waals surface area contributed by atoms with Crippen LogP contribution in [0.3, 0.4) is 0 Å². The molecule has 2 amide bonds. The third-order valence-corrected chi connectivity index (χ3v) is 5.30. The number of H-pyrrole nitrogens is 1. The highest BCUT2D eigenvalue weighted by Gasteiger charge is 2.20. The van der Waals surface area contributed by atoms with Crippen LogP contribution in [-0.2, 0) is 17.8 Å². The summed E-state index contributed by atoms with van der Waals surface area (Å²) in [5.41, 5.74) is 4.19. The van der Waals surface area contributed by atoms with Crippen LogP contribution >= 0.6 is 0 Å². The number of rotatable bonds is 8. The summed E-state index contributed by atoms with van der Waals surface area (Å²) in [6, 6.07) is 11.1. The minimum Gasteiger partial charge on any atom is -0.497 e. The lowest BCUT2D eigenvalue weighted by Crippen LogP contribution is -2.26. The van der Waals surface area contributed by atoms with Crippen molar-refractivity contribution in [2.24, 2.45) is 0 Å². The lowest BCUT2D eigenvalue weighted by Gasteiger charge is -2.12. The average Bonchev–Trinajstić information content (AvgIpc) is 3.45. The van der Waals surface area contributed by atoms with E-state index in [2.05, 4.69) is 20.8 Å². The van der Waals surface area contributed by atoms with Crippen LogP contribution in [0.2, 0.25) is 0 Å². The van der Waals surface area contributed by atoms with Gasteiger partial charge in [-0.25, -0.2) is 4.98 Å². The van der Waals surface area contributed by atoms with Crippen LogP contribution < -0.4 is 15.4 Å². The molecule has 0 bridgehead atoms. The van der Waals surface area contributed by atoms with Crippen LogP contribution in [-0.4, -0.2) is 45.2 Å². The molecule has 170 valence electrons. The molecule has 0 aliphatic heterocycles. The summed E-state index contributed by atoms with van der Waals surface area (Å²) in [7, 11) is 1.62. The van der Waals surface area contributed by atoms with E-state index >= 15 is 0 Å². The first kappa shape index (κ1) is 22.1. The molecule has 9 heteroatoms. The first-order chi connectivity index (χ1) is 16.0. The van der Waals surface area contributed by atoms with Gasteiger partial charge < -0.3 is 19.9 Å². The van der Waals surface area contributed by atoms with Crippen molar-refractivity contribution in [1.82, 2.24) is 25.1 Å². The Bertz CT molecular complexity index is 1290. The molecule has 3 N–H and O–H groups in total. The topological polar surface area (TPSA) is 114 Å². The number of nitrogens with one attached hydrogen (secondary N) is 3. The number of nitrogens with zero attached hydrogens (tertiary/aromatic N) is 3. The molecule has 0 atom stereocenters. The quantitative estimate of drug-likeness (QED) is 0.384. The number of anilines is 1. The Morgan fingerprint density at radius 1 is 1.21 bits per heavy atom. The number of carbonyl (C=O) groups is 2. The molecule has 0 fully saturated rings. The van der Waals surface area contributed by atoms with E-state index in [-0.39, 0.29) is 11.8 Å². The van der Waals surface area contributed by atoms with E-state index in [1.165, 1.54) is 6.92 Å². The Labute approximate surface area is 191 Å². The van der Waals surface area contributed by atoms with Gasteiger partial charge in [0.2, 0.25) is 5.91 Å². The summed E-state index contributed by atoms with van der Waals surface area (Å²) in [5.74, 6) is 0.989. The highest BCUT2D eigenvalue weighted by Crippen LogP contribution is 2.31. The maximum Gasteiger partial charge on any atom is 0.253 e. The smallest absolute Gasteiger partial charge is 0.253 e. The molecule has 0 spiro atoms. The maximum absolute atomic E-state index is 13.2. The summed E-state index contributed by atoms with van der Waals surface area (Å²) in [6.07, 6.45) is 4.18. The van der Waals surface area contributed by atoms with Crippen LogP contribution in [0.25, 0.3) is 22.4 Å². The Morgan fingerprint density at radius 3 is 2.76 bits per heavy atom. The number of hydrogen-bond acceptors (Lipinski definition) is 5. The third-order valence-electron chi connectivity index (χ3n) is 5.30. The molecule has 33 heavy (non-hydrogen) atoms. The fourth-order valence-electron chi connectivity index (χ4n) is 3.84. The zero-order chi connectivity index (χ0) is 23.4. The van der Waals surface area contributed by atoms with Crippen molar-refractivity contribution in [2.45, 2.75) is 26.8 Å². The lowest BCUT2D eigenvalue weighted by molar-refractivity contribution is -0.114. The van der Waals surface area contributed by atoms with Crippen molar-refractivity contribution >= 4 is 28.5 Å². The standard InChI is InChI=1S/C24H26N6O3/c1-4-30-22-20(24(32)25-9-8-16-13-26-27-14-16)11-18(28-15(2)31)12-21(22)29-23(30)17-6-5-7-19(10-17)33-3/h5-7,10-14H,4,8-9H2,1-3H3,(H,25,32)(H,26,27)(H,28,31). The molecular formula is C24H26N6O3. The predicted molar refractivity (Wildman–Crippen MR) is 126 cm³/mol. The summed E-state index contributed by atoms with van der Waals surface area (Å²) in [6.45, 7) is 4.50. The SMILES string of the molecule is CCn1c(-c2cccc(OC)c2)nc2cc(NC(C)=O)cc(C(=O)NCCc3cn[nH]c3)c21. The molecule has 2 aromatic carbocycles. The number of carbonyl (C=O) groups excluding carboxylic acids is 2. The molecule has 2 heterocycles. The van der Waals surface area contributed by atoms with Gasteiger partial charge in [-0.05, 0) is 43.2 Å². The van der Waals surface area contributed by atoms with Crippen molar-refractivity contribution in [3.8, 4) is 17.1 Å². The van der Waals surface area contributed by atoms with E-state index < -0.39 is 0 Å². The maximum atomic E-state index is 13.2. The first-order valence-corrected chi connectivity index (χ1v) is 10.7. The van der Waals surface area contributed by atoms with Gasteiger partial charge in [0.1, 0.15) is 11.6 Å². The normalized spacial score (nSPS) is 10.9. The second-order valence-electron chi connectivity index (χ2n) is 7.60. The van der Waals surface area contributed by atoms with E-state index in [1.807, 2.05) is 35.8 Å². The van der Waals surface area contributed by atoms with Crippen LogP contribution in [0.1, 0.15) is 29.8 Å². The van der Waals surface area contributed by atoms with E-state index in [0.717, 1.165) is 22.7 Å². The largest absolute Gasteiger partial charge is 0.497 e. The fraction of sp³-hybridized carbons (Fsp3) is 0.250. The molecule has 2 aromatic heterocycles. The second kappa shape index (κ2) is 9.56. The molecule has 4 rings (SSSR count). The highest BCUT2D eigenvalue weighted by molar-refractivity contribution is 6.08. The Balaban J connectivity index is 1.78. The number of methoxy groups -OCH3 is 1. The van der Waals surface area contributed by atoms with Crippen LogP contribution in [0.15, 0.2) is 48.8 Å². The Hall–Kier alpha value is -4.14. The van der Waals surface area contributed by atoms with Crippen molar-refractivity contribution in [2.75, 3.05) is 19.0 Å². The number of imidazole rings is 1. The first-order valence-electron chi connectivity index (χ1n) is 10.7. The van der Waals surface area contributed by atoms with Gasteiger partial charge in [0.25, 0.3) is 5.91 Å². The number of amides is 2. The summed E-state index contributed by atoms with van der Waals surface area (Å²) in [4.78, 5) is 29.8. The van der Waals surface area contributed by atoms with Gasteiger partial charge in [-0.15, -0.1) is 0 Å². The van der Waals surface area contributed by atoms with Crippen LogP contribution in [0.4, 0.5) is 5.69 Å². The molecule has 0 saturated carbocycles. The third kappa shape index (κ3) is 4.72. The predicted octanol–water partition coefficient (Wildman–Crippen LogP) is 3.39. The molecule has 4 aromatic rings. The van der Waals surface area contributed by atoms with Crippen molar-refractivity contribution < 1.29 is 14.3 Å². The molecule has 0 aliphatic carbocycles. The van der Waals surface area contributed by atoms with Crippen molar-refractivity contribution in [1.29, 1.82) is 0 Å². The van der Waals surface area contributed by atoms with Crippen LogP contribution in [0, 0.1) is 0 Å². The number of aromatic amines is 1. The van der Waals surface area contributed by atoms with Crippen molar-refractivity contribution in [3.63, 3.8) is 0 Å². The summed E-state index contributed by atoms with van der Waals surface area (Å²) in [5, 5.41) is 12.4. The molecule has 0 radical (unpaired) electrons. The van der Waals surface area contributed by atoms with Gasteiger partial charge in [-0.2, -0.15) is 5.10 Å². The van der Waals surface area contributed by atoms with E-state index in [4.69, 9.17) is 9.72 Å². The number of fused-ring (bicyclic) bond motifs is 1. The van der Waals surface area contributed by atoms with Gasteiger partial charge in [-0.3, -0.25) is 14.7 Å². The number of aryl methyl sites for hydroxylation is 1. The monoisotopic (exact) mass is 446 g/mol. The number of hydrogen-bond donors (Lipinski definition) is 3.